The van der Waals surface area contributed by atoms with Crippen molar-refractivity contribution in [2.75, 3.05) is 16.5 Å². The third kappa shape index (κ3) is 2.69. The van der Waals surface area contributed by atoms with Gasteiger partial charge in [-0.2, -0.15) is 0 Å². The third-order valence-corrected chi connectivity index (χ3v) is 2.42. The number of hydrogen-bond acceptors (Lipinski definition) is 7. The largest absolute Gasteiger partial charge is 0.478 e. The fourth-order valence-corrected chi connectivity index (χ4v) is 1.44. The van der Waals surface area contributed by atoms with Crippen molar-refractivity contribution in [3.63, 3.8) is 0 Å². The van der Waals surface area contributed by atoms with E-state index in [1.807, 2.05) is 0 Å². The number of carbonyl (C=O) groups is 1. The van der Waals surface area contributed by atoms with Crippen molar-refractivity contribution in [3.05, 3.63) is 36.2 Å². The molecule has 0 fully saturated rings. The van der Waals surface area contributed by atoms with Crippen molar-refractivity contribution in [3.8, 4) is 0 Å². The summed E-state index contributed by atoms with van der Waals surface area (Å²) in [6.07, 6.45) is 1.31. The van der Waals surface area contributed by atoms with E-state index in [2.05, 4.69) is 20.7 Å². The molecule has 2 aromatic rings. The van der Waals surface area contributed by atoms with Crippen molar-refractivity contribution in [1.29, 1.82) is 0 Å². The molecule has 0 aliphatic heterocycles. The Morgan fingerprint density at radius 1 is 1.16 bits per heavy atom. The first-order valence-corrected chi connectivity index (χ1v) is 5.29. The molecule has 0 unspecified atom stereocenters. The Balaban J connectivity index is 2.24. The molecule has 7 N–H and O–H groups in total. The molecule has 0 saturated heterocycles. The van der Waals surface area contributed by atoms with E-state index in [-0.39, 0.29) is 11.3 Å². The second kappa shape index (κ2) is 5.19. The van der Waals surface area contributed by atoms with Crippen LogP contribution in [0.4, 0.5) is 23.0 Å². The summed E-state index contributed by atoms with van der Waals surface area (Å²) in [5, 5.41) is 11.7. The Kier molecular flexibility index (Phi) is 3.44. The lowest BCUT2D eigenvalue weighted by Gasteiger charge is -2.10. The number of nitrogens with zero attached hydrogens (tertiary/aromatic N) is 2. The number of nitrogens with one attached hydrogen (secondary N) is 2. The van der Waals surface area contributed by atoms with E-state index in [9.17, 15) is 4.79 Å². The Labute approximate surface area is 108 Å². The summed E-state index contributed by atoms with van der Waals surface area (Å²) in [6.45, 7) is 0. The molecule has 0 atom stereocenters. The average Bonchev–Trinajstić information content (AvgIpc) is 2.42. The van der Waals surface area contributed by atoms with Gasteiger partial charge in [0.1, 0.15) is 12.0 Å². The molecule has 0 bridgehead atoms. The van der Waals surface area contributed by atoms with E-state index in [1.54, 1.807) is 12.1 Å². The maximum atomic E-state index is 10.7. The first-order valence-electron chi connectivity index (χ1n) is 5.29. The fraction of sp³-hybridized carbons (Fsp3) is 0. The van der Waals surface area contributed by atoms with E-state index in [1.165, 1.54) is 18.5 Å². The number of hydrogen-bond donors (Lipinski definition) is 5. The van der Waals surface area contributed by atoms with Crippen molar-refractivity contribution < 1.29 is 9.90 Å². The Bertz CT molecular complexity index is 599. The highest BCUT2D eigenvalue weighted by Gasteiger charge is 2.07. The van der Waals surface area contributed by atoms with Crippen LogP contribution < -0.4 is 22.3 Å². The molecule has 1 aromatic heterocycles. The van der Waals surface area contributed by atoms with Gasteiger partial charge in [0.15, 0.2) is 11.6 Å². The summed E-state index contributed by atoms with van der Waals surface area (Å²) in [5.74, 6) is 4.95. The van der Waals surface area contributed by atoms with Gasteiger partial charge in [-0.1, -0.05) is 0 Å². The van der Waals surface area contributed by atoms with E-state index >= 15 is 0 Å². The van der Waals surface area contributed by atoms with E-state index < -0.39 is 5.97 Å². The normalized spacial score (nSPS) is 9.95. The number of aromatic nitrogens is 2. The minimum absolute atomic E-state index is 0.200. The average molecular weight is 260 g/mol. The van der Waals surface area contributed by atoms with Gasteiger partial charge in [0.2, 0.25) is 0 Å². The molecule has 19 heavy (non-hydrogen) atoms. The van der Waals surface area contributed by atoms with Gasteiger partial charge in [-0.25, -0.2) is 20.6 Å². The van der Waals surface area contributed by atoms with Crippen LogP contribution in [0.2, 0.25) is 0 Å². The molecule has 0 aliphatic carbocycles. The van der Waals surface area contributed by atoms with Crippen molar-refractivity contribution in [1.82, 2.24) is 9.97 Å². The Hall–Kier alpha value is -2.87. The molecule has 8 nitrogen and oxygen atoms in total. The van der Waals surface area contributed by atoms with Crippen LogP contribution in [0.5, 0.6) is 0 Å². The molecular formula is C11H12N6O2. The fourth-order valence-electron chi connectivity index (χ4n) is 1.44. The number of anilines is 4. The SMILES string of the molecule is NNc1ncnc(Nc2ccc(C(=O)O)cc2)c1N. The summed E-state index contributed by atoms with van der Waals surface area (Å²) < 4.78 is 0. The smallest absolute Gasteiger partial charge is 0.335 e. The minimum Gasteiger partial charge on any atom is -0.478 e. The van der Waals surface area contributed by atoms with Gasteiger partial charge in [-0.15, -0.1) is 0 Å². The van der Waals surface area contributed by atoms with Gasteiger partial charge in [0, 0.05) is 5.69 Å². The zero-order valence-electron chi connectivity index (χ0n) is 9.79. The molecule has 0 radical (unpaired) electrons. The van der Waals surface area contributed by atoms with Crippen LogP contribution in [-0.2, 0) is 0 Å². The highest BCUT2D eigenvalue weighted by Crippen LogP contribution is 2.25. The van der Waals surface area contributed by atoms with Gasteiger partial charge < -0.3 is 21.6 Å². The summed E-state index contributed by atoms with van der Waals surface area (Å²) in [6, 6.07) is 6.18. The minimum atomic E-state index is -0.984. The van der Waals surface area contributed by atoms with Crippen molar-refractivity contribution in [2.24, 2.45) is 5.84 Å². The number of nitrogens with two attached hydrogens (primary N) is 2. The number of carboxylic acid groups (broad SMARTS) is 1. The number of aromatic carboxylic acids is 1. The highest BCUT2D eigenvalue weighted by atomic mass is 16.4. The number of benzene rings is 1. The second-order valence-electron chi connectivity index (χ2n) is 3.64. The highest BCUT2D eigenvalue weighted by molar-refractivity contribution is 5.88. The lowest BCUT2D eigenvalue weighted by Crippen LogP contribution is -2.12. The molecule has 1 heterocycles. The first kappa shape index (κ1) is 12.6. The van der Waals surface area contributed by atoms with Crippen LogP contribution >= 0.6 is 0 Å². The van der Waals surface area contributed by atoms with Gasteiger partial charge >= 0.3 is 5.97 Å². The summed E-state index contributed by atoms with van der Waals surface area (Å²) in [4.78, 5) is 18.6. The number of nitrogen functional groups attached to an aromatic ring is 2. The maximum absolute atomic E-state index is 10.7. The van der Waals surface area contributed by atoms with Crippen molar-refractivity contribution in [2.45, 2.75) is 0 Å². The van der Waals surface area contributed by atoms with Gasteiger partial charge in [-0.3, -0.25) is 0 Å². The van der Waals surface area contributed by atoms with E-state index in [4.69, 9.17) is 16.7 Å². The van der Waals surface area contributed by atoms with Crippen LogP contribution in [0.3, 0.4) is 0 Å². The predicted octanol–water partition coefficient (Wildman–Crippen LogP) is 0.786. The van der Waals surface area contributed by atoms with Crippen molar-refractivity contribution >= 4 is 29.0 Å². The van der Waals surface area contributed by atoms with Crippen LogP contribution in [0, 0.1) is 0 Å². The van der Waals surface area contributed by atoms with Crippen LogP contribution in [-0.4, -0.2) is 21.0 Å². The zero-order valence-corrected chi connectivity index (χ0v) is 9.79. The lowest BCUT2D eigenvalue weighted by molar-refractivity contribution is 0.0697. The summed E-state index contributed by atoms with van der Waals surface area (Å²) in [7, 11) is 0. The molecular weight excluding hydrogens is 248 g/mol. The van der Waals surface area contributed by atoms with Crippen LogP contribution in [0.1, 0.15) is 10.4 Å². The third-order valence-electron chi connectivity index (χ3n) is 2.42. The molecule has 8 heteroatoms. The second-order valence-corrected chi connectivity index (χ2v) is 3.64. The predicted molar refractivity (Wildman–Crippen MR) is 70.9 cm³/mol. The Morgan fingerprint density at radius 2 is 1.79 bits per heavy atom. The number of rotatable bonds is 4. The zero-order chi connectivity index (χ0) is 13.8. The molecule has 0 spiro atoms. The summed E-state index contributed by atoms with van der Waals surface area (Å²) in [5.41, 5.74) is 9.27. The van der Waals surface area contributed by atoms with Gasteiger partial charge in [0.05, 0.1) is 5.56 Å². The lowest BCUT2D eigenvalue weighted by atomic mass is 10.2. The van der Waals surface area contributed by atoms with E-state index in [0.29, 0.717) is 17.3 Å². The maximum Gasteiger partial charge on any atom is 0.335 e. The molecule has 1 aromatic carbocycles. The first-order chi connectivity index (χ1) is 9.11. The number of hydrazine groups is 1. The molecule has 98 valence electrons. The van der Waals surface area contributed by atoms with Crippen LogP contribution in [0.25, 0.3) is 0 Å². The van der Waals surface area contributed by atoms with Gasteiger partial charge in [-0.05, 0) is 24.3 Å². The quantitative estimate of drug-likeness (QED) is 0.401. The van der Waals surface area contributed by atoms with E-state index in [0.717, 1.165) is 0 Å². The topological polar surface area (TPSA) is 139 Å². The van der Waals surface area contributed by atoms with Crippen LogP contribution in [0.15, 0.2) is 30.6 Å². The molecule has 0 saturated carbocycles. The summed E-state index contributed by atoms with van der Waals surface area (Å²) >= 11 is 0. The standard InChI is InChI=1S/C11H12N6O2/c12-8-9(14-5-15-10(8)17-13)16-7-3-1-6(2-4-7)11(18)19/h1-5H,12-13H2,(H,18,19)(H2,14,15,16,17). The molecule has 0 aliphatic rings. The Morgan fingerprint density at radius 3 is 2.37 bits per heavy atom. The number of carboxylic acids is 1. The molecule has 0 amide bonds. The monoisotopic (exact) mass is 260 g/mol. The molecule has 2 rings (SSSR count). The van der Waals surface area contributed by atoms with Gasteiger partial charge in [0.25, 0.3) is 0 Å².